The van der Waals surface area contributed by atoms with Gasteiger partial charge in [0, 0.05) is 43.7 Å². The number of nitrogens with zero attached hydrogens (tertiary/aromatic N) is 3. The van der Waals surface area contributed by atoms with E-state index in [9.17, 15) is 0 Å². The molecule has 0 saturated carbocycles. The highest BCUT2D eigenvalue weighted by Gasteiger charge is 2.12. The Morgan fingerprint density at radius 3 is 2.44 bits per heavy atom. The molecule has 0 aliphatic rings. The average Bonchev–Trinajstić information content (AvgIpc) is 2.30. The van der Waals surface area contributed by atoms with Crippen molar-refractivity contribution in [3.63, 3.8) is 0 Å². The topological polar surface area (TPSA) is 75.3 Å². The highest BCUT2D eigenvalue weighted by molar-refractivity contribution is 5.30. The van der Waals surface area contributed by atoms with Crippen LogP contribution in [0.15, 0.2) is 12.4 Å². The third kappa shape index (κ3) is 3.43. The molecule has 90 valence electrons. The van der Waals surface area contributed by atoms with Crippen molar-refractivity contribution in [1.29, 1.82) is 0 Å². The molecule has 0 aromatic carbocycles. The summed E-state index contributed by atoms with van der Waals surface area (Å²) in [4.78, 5) is 10.6. The van der Waals surface area contributed by atoms with E-state index in [1.807, 2.05) is 0 Å². The molecule has 3 N–H and O–H groups in total. The molecule has 0 amide bonds. The van der Waals surface area contributed by atoms with Crippen LogP contribution in [0.2, 0.25) is 0 Å². The van der Waals surface area contributed by atoms with E-state index >= 15 is 0 Å². The number of hydrogen-bond donors (Lipinski definition) is 2. The van der Waals surface area contributed by atoms with Crippen molar-refractivity contribution in [2.45, 2.75) is 32.9 Å². The maximum absolute atomic E-state index is 8.84. The number of aromatic nitrogens is 2. The molecule has 1 heterocycles. The molecule has 0 aliphatic heterocycles. The Labute approximate surface area is 96.3 Å². The molecule has 1 aromatic heterocycles. The molecule has 0 bridgehead atoms. The van der Waals surface area contributed by atoms with Crippen LogP contribution >= 0.6 is 0 Å². The Morgan fingerprint density at radius 2 is 2.00 bits per heavy atom. The SMILES string of the molecule is CC(C)N(CCCO)c1ncc(CN)cn1. The average molecular weight is 224 g/mol. The summed E-state index contributed by atoms with van der Waals surface area (Å²) < 4.78 is 0. The predicted octanol–water partition coefficient (Wildman–Crippen LogP) is 0.532. The summed E-state index contributed by atoms with van der Waals surface area (Å²) in [6.07, 6.45) is 4.22. The summed E-state index contributed by atoms with van der Waals surface area (Å²) in [5.74, 6) is 0.695. The predicted molar refractivity (Wildman–Crippen MR) is 64.1 cm³/mol. The number of aliphatic hydroxyl groups is 1. The van der Waals surface area contributed by atoms with Crippen LogP contribution in [0.3, 0.4) is 0 Å². The van der Waals surface area contributed by atoms with E-state index in [2.05, 4.69) is 28.7 Å². The van der Waals surface area contributed by atoms with E-state index < -0.39 is 0 Å². The summed E-state index contributed by atoms with van der Waals surface area (Å²) in [7, 11) is 0. The minimum absolute atomic E-state index is 0.185. The first-order valence-electron chi connectivity index (χ1n) is 5.57. The van der Waals surface area contributed by atoms with Gasteiger partial charge in [0.1, 0.15) is 0 Å². The van der Waals surface area contributed by atoms with Crippen molar-refractivity contribution >= 4 is 5.95 Å². The zero-order valence-electron chi connectivity index (χ0n) is 9.93. The molecule has 0 fully saturated rings. The normalized spacial score (nSPS) is 10.8. The number of rotatable bonds is 6. The van der Waals surface area contributed by atoms with E-state index in [-0.39, 0.29) is 6.61 Å². The molecule has 0 aliphatic carbocycles. The van der Waals surface area contributed by atoms with E-state index in [0.29, 0.717) is 18.5 Å². The van der Waals surface area contributed by atoms with Crippen LogP contribution in [0.25, 0.3) is 0 Å². The number of hydrogen-bond acceptors (Lipinski definition) is 5. The Hall–Kier alpha value is -1.20. The number of aliphatic hydroxyl groups excluding tert-OH is 1. The molecule has 5 nitrogen and oxygen atoms in total. The third-order valence-corrected chi connectivity index (χ3v) is 2.36. The number of anilines is 1. The summed E-state index contributed by atoms with van der Waals surface area (Å²) >= 11 is 0. The van der Waals surface area contributed by atoms with Crippen LogP contribution in [-0.4, -0.2) is 34.3 Å². The largest absolute Gasteiger partial charge is 0.396 e. The monoisotopic (exact) mass is 224 g/mol. The fourth-order valence-electron chi connectivity index (χ4n) is 1.43. The van der Waals surface area contributed by atoms with Gasteiger partial charge in [0.15, 0.2) is 0 Å². The highest BCUT2D eigenvalue weighted by atomic mass is 16.3. The third-order valence-electron chi connectivity index (χ3n) is 2.36. The lowest BCUT2D eigenvalue weighted by Gasteiger charge is -2.26. The fourth-order valence-corrected chi connectivity index (χ4v) is 1.43. The van der Waals surface area contributed by atoms with Crippen LogP contribution in [-0.2, 0) is 6.54 Å². The Balaban J connectivity index is 2.75. The van der Waals surface area contributed by atoms with Crippen molar-refractivity contribution in [3.05, 3.63) is 18.0 Å². The van der Waals surface area contributed by atoms with Gasteiger partial charge in [0.2, 0.25) is 5.95 Å². The maximum Gasteiger partial charge on any atom is 0.225 e. The first-order valence-corrected chi connectivity index (χ1v) is 5.57. The van der Waals surface area contributed by atoms with Crippen LogP contribution in [0, 0.1) is 0 Å². The minimum atomic E-state index is 0.185. The van der Waals surface area contributed by atoms with Gasteiger partial charge >= 0.3 is 0 Å². The van der Waals surface area contributed by atoms with Crippen LogP contribution in [0.5, 0.6) is 0 Å². The smallest absolute Gasteiger partial charge is 0.225 e. The van der Waals surface area contributed by atoms with Crippen LogP contribution < -0.4 is 10.6 Å². The summed E-state index contributed by atoms with van der Waals surface area (Å²) in [5, 5.41) is 8.84. The molecule has 5 heteroatoms. The molecule has 0 spiro atoms. The Kier molecular flexibility index (Phi) is 5.14. The van der Waals surface area contributed by atoms with Gasteiger partial charge in [-0.3, -0.25) is 0 Å². The molecular formula is C11H20N4O. The molecule has 16 heavy (non-hydrogen) atoms. The molecule has 0 atom stereocenters. The van der Waals surface area contributed by atoms with Crippen LogP contribution in [0.1, 0.15) is 25.8 Å². The van der Waals surface area contributed by atoms with Gasteiger partial charge in [0.05, 0.1) is 0 Å². The van der Waals surface area contributed by atoms with Crippen molar-refractivity contribution in [3.8, 4) is 0 Å². The van der Waals surface area contributed by atoms with Crippen molar-refractivity contribution in [1.82, 2.24) is 9.97 Å². The second-order valence-corrected chi connectivity index (χ2v) is 3.96. The second-order valence-electron chi connectivity index (χ2n) is 3.96. The summed E-state index contributed by atoms with van der Waals surface area (Å²) in [6, 6.07) is 0.315. The van der Waals surface area contributed by atoms with Crippen molar-refractivity contribution in [2.24, 2.45) is 5.73 Å². The van der Waals surface area contributed by atoms with Gasteiger partial charge in [-0.2, -0.15) is 0 Å². The maximum atomic E-state index is 8.84. The number of nitrogens with two attached hydrogens (primary N) is 1. The zero-order valence-corrected chi connectivity index (χ0v) is 9.93. The van der Waals surface area contributed by atoms with Crippen molar-refractivity contribution < 1.29 is 5.11 Å². The van der Waals surface area contributed by atoms with E-state index in [0.717, 1.165) is 18.5 Å². The Morgan fingerprint density at radius 1 is 1.38 bits per heavy atom. The molecule has 1 rings (SSSR count). The van der Waals surface area contributed by atoms with E-state index in [1.165, 1.54) is 0 Å². The fraction of sp³-hybridized carbons (Fsp3) is 0.636. The molecule has 0 radical (unpaired) electrons. The molecule has 0 unspecified atom stereocenters. The quantitative estimate of drug-likeness (QED) is 0.737. The zero-order chi connectivity index (χ0) is 12.0. The molecule has 0 saturated heterocycles. The summed E-state index contributed by atoms with van der Waals surface area (Å²) in [6.45, 7) is 5.56. The molecule has 1 aromatic rings. The first kappa shape index (κ1) is 12.9. The van der Waals surface area contributed by atoms with Gasteiger partial charge in [-0.05, 0) is 20.3 Å². The van der Waals surface area contributed by atoms with Gasteiger partial charge < -0.3 is 15.7 Å². The second kappa shape index (κ2) is 6.40. The molecular weight excluding hydrogens is 204 g/mol. The highest BCUT2D eigenvalue weighted by Crippen LogP contribution is 2.11. The van der Waals surface area contributed by atoms with Gasteiger partial charge in [-0.1, -0.05) is 0 Å². The van der Waals surface area contributed by atoms with Crippen LogP contribution in [0.4, 0.5) is 5.95 Å². The van der Waals surface area contributed by atoms with Crippen molar-refractivity contribution in [2.75, 3.05) is 18.1 Å². The Bertz CT molecular complexity index is 299. The van der Waals surface area contributed by atoms with E-state index in [1.54, 1.807) is 12.4 Å². The summed E-state index contributed by atoms with van der Waals surface area (Å²) in [5.41, 5.74) is 6.41. The van der Waals surface area contributed by atoms with E-state index in [4.69, 9.17) is 10.8 Å². The lowest BCUT2D eigenvalue weighted by Crippen LogP contribution is -2.33. The van der Waals surface area contributed by atoms with Gasteiger partial charge in [0.25, 0.3) is 0 Å². The van der Waals surface area contributed by atoms with Gasteiger partial charge in [-0.15, -0.1) is 0 Å². The lowest BCUT2D eigenvalue weighted by molar-refractivity contribution is 0.288. The van der Waals surface area contributed by atoms with Gasteiger partial charge in [-0.25, -0.2) is 9.97 Å². The standard InChI is InChI=1S/C11H20N4O/c1-9(2)15(4-3-5-16)11-13-7-10(6-12)8-14-11/h7-9,16H,3-6,12H2,1-2H3. The minimum Gasteiger partial charge on any atom is -0.396 e. The lowest BCUT2D eigenvalue weighted by atomic mass is 10.3. The first-order chi connectivity index (χ1) is 7.69.